The van der Waals surface area contributed by atoms with Crippen LogP contribution in [0.15, 0.2) is 30.5 Å². The Hall–Kier alpha value is -3.10. The van der Waals surface area contributed by atoms with Gasteiger partial charge in [0.2, 0.25) is 0 Å². The Kier molecular flexibility index (Phi) is 7.24. The maximum atomic E-state index is 13.0. The van der Waals surface area contributed by atoms with E-state index in [1.807, 2.05) is 36.1 Å². The molecule has 172 valence electrons. The Bertz CT molecular complexity index is 926. The molecule has 1 aliphatic heterocycles. The molecule has 0 bridgehead atoms. The fraction of sp³-hybridized carbons (Fsp3) is 0.565. The van der Waals surface area contributed by atoms with E-state index in [4.69, 9.17) is 4.74 Å². The van der Waals surface area contributed by atoms with Crippen LogP contribution in [0.25, 0.3) is 0 Å². The number of rotatable bonds is 9. The molecule has 3 amide bonds. The van der Waals surface area contributed by atoms with Gasteiger partial charge in [0, 0.05) is 25.7 Å². The third-order valence-electron chi connectivity index (χ3n) is 6.03. The van der Waals surface area contributed by atoms with E-state index >= 15 is 0 Å². The molecule has 1 aromatic carbocycles. The maximum Gasteiger partial charge on any atom is 0.322 e. The lowest BCUT2D eigenvalue weighted by Gasteiger charge is -2.35. The molecule has 9 nitrogen and oxygen atoms in total. The number of piperidine rings is 1. The van der Waals surface area contributed by atoms with Crippen LogP contribution < -0.4 is 15.4 Å². The molecule has 1 saturated carbocycles. The van der Waals surface area contributed by atoms with Crippen LogP contribution >= 0.6 is 0 Å². The van der Waals surface area contributed by atoms with E-state index in [-0.39, 0.29) is 18.0 Å². The van der Waals surface area contributed by atoms with Gasteiger partial charge in [-0.05, 0) is 63.5 Å². The van der Waals surface area contributed by atoms with Crippen LogP contribution in [0.3, 0.4) is 0 Å². The largest absolute Gasteiger partial charge is 0.492 e. The molecule has 2 aromatic rings. The number of nitrogens with one attached hydrogen (secondary N) is 2. The summed E-state index contributed by atoms with van der Waals surface area (Å²) in [6.45, 7) is 4.50. The van der Waals surface area contributed by atoms with Crippen molar-refractivity contribution in [1.29, 1.82) is 0 Å². The lowest BCUT2D eigenvalue weighted by molar-refractivity contribution is 0.0946. The monoisotopic (exact) mass is 440 g/mol. The summed E-state index contributed by atoms with van der Waals surface area (Å²) in [5, 5.41) is 14.0. The van der Waals surface area contributed by atoms with Crippen LogP contribution in [-0.2, 0) is 6.54 Å². The smallest absolute Gasteiger partial charge is 0.322 e. The zero-order chi connectivity index (χ0) is 22.3. The van der Waals surface area contributed by atoms with Gasteiger partial charge in [-0.1, -0.05) is 17.3 Å². The van der Waals surface area contributed by atoms with Gasteiger partial charge in [-0.25, -0.2) is 4.79 Å². The third-order valence-corrected chi connectivity index (χ3v) is 6.03. The molecule has 2 fully saturated rings. The lowest BCUT2D eigenvalue weighted by atomic mass is 10.00. The van der Waals surface area contributed by atoms with Crippen molar-refractivity contribution in [3.63, 3.8) is 0 Å². The number of nitrogens with zero attached hydrogens (tertiary/aromatic N) is 4. The SMILES string of the molecule is CCOc1ccccc1NC(=O)N1CCCCC1CCn1cc(C(=O)NCC2CC2)nn1. The van der Waals surface area contributed by atoms with Crippen molar-refractivity contribution in [3.05, 3.63) is 36.2 Å². The molecule has 0 radical (unpaired) electrons. The van der Waals surface area contributed by atoms with E-state index in [0.717, 1.165) is 32.2 Å². The zero-order valence-corrected chi connectivity index (χ0v) is 18.6. The number of carbonyl (C=O) groups is 2. The summed E-state index contributed by atoms with van der Waals surface area (Å²) in [5.41, 5.74) is 1.03. The summed E-state index contributed by atoms with van der Waals surface area (Å²) in [6, 6.07) is 7.49. The average Bonchev–Trinajstić information content (AvgIpc) is 3.52. The number of hydrogen-bond acceptors (Lipinski definition) is 5. The number of carbonyl (C=O) groups excluding carboxylic acids is 2. The summed E-state index contributed by atoms with van der Waals surface area (Å²) in [4.78, 5) is 27.1. The molecule has 9 heteroatoms. The Balaban J connectivity index is 1.32. The first kappa shape index (κ1) is 22.1. The van der Waals surface area contributed by atoms with E-state index in [1.54, 1.807) is 10.9 Å². The van der Waals surface area contributed by atoms with Crippen molar-refractivity contribution in [2.45, 2.75) is 58.0 Å². The van der Waals surface area contributed by atoms with Crippen molar-refractivity contribution < 1.29 is 14.3 Å². The van der Waals surface area contributed by atoms with Crippen LogP contribution in [-0.4, -0.2) is 57.6 Å². The molecule has 1 saturated heterocycles. The van der Waals surface area contributed by atoms with E-state index < -0.39 is 0 Å². The predicted molar refractivity (Wildman–Crippen MR) is 121 cm³/mol. The van der Waals surface area contributed by atoms with Crippen LogP contribution in [0.2, 0.25) is 0 Å². The molecule has 1 atom stereocenters. The number of aryl methyl sites for hydroxylation is 1. The second kappa shape index (κ2) is 10.5. The number of para-hydroxylation sites is 2. The molecular formula is C23H32N6O3. The highest BCUT2D eigenvalue weighted by atomic mass is 16.5. The molecule has 2 heterocycles. The molecule has 0 spiro atoms. The second-order valence-corrected chi connectivity index (χ2v) is 8.51. The fourth-order valence-electron chi connectivity index (χ4n) is 4.05. The minimum atomic E-state index is -0.171. The number of hydrogen-bond donors (Lipinski definition) is 2. The van der Waals surface area contributed by atoms with Crippen molar-refractivity contribution in [3.8, 4) is 5.75 Å². The fourth-order valence-corrected chi connectivity index (χ4v) is 4.05. The second-order valence-electron chi connectivity index (χ2n) is 8.51. The quantitative estimate of drug-likeness (QED) is 0.623. The van der Waals surface area contributed by atoms with E-state index in [2.05, 4.69) is 20.9 Å². The summed E-state index contributed by atoms with van der Waals surface area (Å²) >= 11 is 0. The van der Waals surface area contributed by atoms with Gasteiger partial charge in [0.05, 0.1) is 18.5 Å². The highest BCUT2D eigenvalue weighted by Crippen LogP contribution is 2.28. The van der Waals surface area contributed by atoms with Crippen molar-refractivity contribution in [2.75, 3.05) is 25.0 Å². The highest BCUT2D eigenvalue weighted by molar-refractivity contribution is 5.92. The Morgan fingerprint density at radius 3 is 2.84 bits per heavy atom. The van der Waals surface area contributed by atoms with Crippen LogP contribution in [0.1, 0.15) is 55.9 Å². The van der Waals surface area contributed by atoms with Gasteiger partial charge < -0.3 is 20.3 Å². The Morgan fingerprint density at radius 2 is 2.03 bits per heavy atom. The summed E-state index contributed by atoms with van der Waals surface area (Å²) < 4.78 is 7.32. The number of benzene rings is 1. The van der Waals surface area contributed by atoms with Crippen molar-refractivity contribution >= 4 is 17.6 Å². The topological polar surface area (TPSA) is 101 Å². The van der Waals surface area contributed by atoms with E-state index in [9.17, 15) is 9.59 Å². The van der Waals surface area contributed by atoms with Gasteiger partial charge in [0.1, 0.15) is 5.75 Å². The third kappa shape index (κ3) is 5.77. The van der Waals surface area contributed by atoms with Gasteiger partial charge in [0.15, 0.2) is 5.69 Å². The van der Waals surface area contributed by atoms with E-state index in [0.29, 0.717) is 42.7 Å². The minimum absolute atomic E-state index is 0.111. The van der Waals surface area contributed by atoms with Gasteiger partial charge in [0.25, 0.3) is 5.91 Å². The van der Waals surface area contributed by atoms with Gasteiger partial charge in [-0.15, -0.1) is 5.10 Å². The van der Waals surface area contributed by atoms with Gasteiger partial charge in [-0.2, -0.15) is 0 Å². The maximum absolute atomic E-state index is 13.0. The normalized spacial score (nSPS) is 18.3. The molecule has 1 unspecified atom stereocenters. The van der Waals surface area contributed by atoms with Crippen molar-refractivity contribution in [2.24, 2.45) is 5.92 Å². The lowest BCUT2D eigenvalue weighted by Crippen LogP contribution is -2.46. The average molecular weight is 441 g/mol. The number of likely N-dealkylation sites (tertiary alicyclic amines) is 1. The molecule has 32 heavy (non-hydrogen) atoms. The Labute approximate surface area is 188 Å². The zero-order valence-electron chi connectivity index (χ0n) is 18.6. The minimum Gasteiger partial charge on any atom is -0.492 e. The first-order chi connectivity index (χ1) is 15.6. The standard InChI is InChI=1S/C23H32N6O3/c1-2-32-21-9-4-3-8-19(21)25-23(31)29-13-6-5-7-18(29)12-14-28-16-20(26-27-28)22(30)24-15-17-10-11-17/h3-4,8-9,16-18H,2,5-7,10-15H2,1H3,(H,24,30)(H,25,31). The molecule has 1 aromatic heterocycles. The number of aromatic nitrogens is 3. The van der Waals surface area contributed by atoms with Crippen LogP contribution in [0.5, 0.6) is 5.75 Å². The molecule has 2 N–H and O–H groups in total. The molecular weight excluding hydrogens is 408 g/mol. The first-order valence-corrected chi connectivity index (χ1v) is 11.6. The van der Waals surface area contributed by atoms with Crippen LogP contribution in [0.4, 0.5) is 10.5 Å². The number of anilines is 1. The summed E-state index contributed by atoms with van der Waals surface area (Å²) in [7, 11) is 0. The van der Waals surface area contributed by atoms with Crippen LogP contribution in [0, 0.1) is 5.92 Å². The molecule has 2 aliphatic rings. The molecule has 1 aliphatic carbocycles. The first-order valence-electron chi connectivity index (χ1n) is 11.6. The Morgan fingerprint density at radius 1 is 1.19 bits per heavy atom. The van der Waals surface area contributed by atoms with Gasteiger partial charge in [-0.3, -0.25) is 9.48 Å². The summed E-state index contributed by atoms with van der Waals surface area (Å²) in [6.07, 6.45) is 7.86. The number of amides is 3. The predicted octanol–water partition coefficient (Wildman–Crippen LogP) is 3.29. The number of ether oxygens (including phenoxy) is 1. The number of urea groups is 1. The van der Waals surface area contributed by atoms with Gasteiger partial charge >= 0.3 is 6.03 Å². The molecule has 4 rings (SSSR count). The van der Waals surface area contributed by atoms with Crippen molar-refractivity contribution in [1.82, 2.24) is 25.2 Å². The van der Waals surface area contributed by atoms with E-state index in [1.165, 1.54) is 12.8 Å². The highest BCUT2D eigenvalue weighted by Gasteiger charge is 2.27. The summed E-state index contributed by atoms with van der Waals surface area (Å²) in [5.74, 6) is 1.12.